The lowest BCUT2D eigenvalue weighted by molar-refractivity contribution is -0.300. The topological polar surface area (TPSA) is 73.0 Å². The van der Waals surface area contributed by atoms with Crippen molar-refractivity contribution in [1.82, 2.24) is 4.98 Å². The number of ketones is 1. The molecule has 1 aromatic heterocycles. The number of nitrogens with one attached hydrogen (secondary N) is 1. The SMILES string of the molecule is C[C@@H](C(=O)C(=O)[O-])c1c[nH]c2ccccc12. The first-order chi connectivity index (χ1) is 7.61. The van der Waals surface area contributed by atoms with Crippen LogP contribution < -0.4 is 5.11 Å². The van der Waals surface area contributed by atoms with E-state index in [2.05, 4.69) is 4.98 Å². The van der Waals surface area contributed by atoms with Gasteiger partial charge in [0, 0.05) is 23.0 Å². The average Bonchev–Trinajstić information content (AvgIpc) is 2.70. The number of aliphatic carboxylic acids is 1. The lowest BCUT2D eigenvalue weighted by atomic mass is 9.96. The van der Waals surface area contributed by atoms with Crippen LogP contribution in [0.2, 0.25) is 0 Å². The number of hydrogen-bond acceptors (Lipinski definition) is 3. The van der Waals surface area contributed by atoms with Crippen molar-refractivity contribution in [3.8, 4) is 0 Å². The summed E-state index contributed by atoms with van der Waals surface area (Å²) in [6, 6.07) is 7.43. The van der Waals surface area contributed by atoms with E-state index in [0.29, 0.717) is 5.56 Å². The second-order valence-electron chi connectivity index (χ2n) is 3.66. The number of fused-ring (bicyclic) bond motifs is 1. The highest BCUT2D eigenvalue weighted by Crippen LogP contribution is 2.25. The second kappa shape index (κ2) is 3.81. The highest BCUT2D eigenvalue weighted by atomic mass is 16.4. The molecule has 1 heterocycles. The van der Waals surface area contributed by atoms with Crippen LogP contribution in [-0.2, 0) is 9.59 Å². The molecule has 0 radical (unpaired) electrons. The van der Waals surface area contributed by atoms with Crippen molar-refractivity contribution < 1.29 is 14.7 Å². The third-order valence-electron chi connectivity index (χ3n) is 2.68. The van der Waals surface area contributed by atoms with E-state index in [1.54, 1.807) is 13.1 Å². The number of hydrogen-bond donors (Lipinski definition) is 1. The Hall–Kier alpha value is -2.10. The molecule has 1 N–H and O–H groups in total. The number of carboxylic acid groups (broad SMARTS) is 1. The van der Waals surface area contributed by atoms with Crippen LogP contribution in [0.25, 0.3) is 10.9 Å². The zero-order valence-corrected chi connectivity index (χ0v) is 8.69. The molecule has 0 spiro atoms. The van der Waals surface area contributed by atoms with Crippen LogP contribution in [0.5, 0.6) is 0 Å². The Morgan fingerprint density at radius 2 is 2.00 bits per heavy atom. The normalized spacial score (nSPS) is 12.6. The summed E-state index contributed by atoms with van der Waals surface area (Å²) < 4.78 is 0. The van der Waals surface area contributed by atoms with Gasteiger partial charge in [-0.2, -0.15) is 0 Å². The van der Waals surface area contributed by atoms with Crippen molar-refractivity contribution in [2.45, 2.75) is 12.8 Å². The molecule has 0 aliphatic heterocycles. The number of aromatic amines is 1. The summed E-state index contributed by atoms with van der Waals surface area (Å²) in [6.45, 7) is 1.56. The number of para-hydroxylation sites is 1. The van der Waals surface area contributed by atoms with E-state index < -0.39 is 17.7 Å². The average molecular weight is 216 g/mol. The first kappa shape index (κ1) is 10.4. The molecule has 0 aliphatic rings. The van der Waals surface area contributed by atoms with Gasteiger partial charge in [0.1, 0.15) is 5.97 Å². The Bertz CT molecular complexity index is 556. The number of H-pyrrole nitrogens is 1. The van der Waals surface area contributed by atoms with Crippen LogP contribution in [0.1, 0.15) is 18.4 Å². The van der Waals surface area contributed by atoms with Crippen molar-refractivity contribution in [1.29, 1.82) is 0 Å². The molecule has 0 amide bonds. The molecule has 0 bridgehead atoms. The van der Waals surface area contributed by atoms with Gasteiger partial charge in [-0.25, -0.2) is 0 Å². The first-order valence-corrected chi connectivity index (χ1v) is 4.92. The summed E-state index contributed by atoms with van der Waals surface area (Å²) in [5.74, 6) is -3.23. The minimum Gasteiger partial charge on any atom is -0.542 e. The summed E-state index contributed by atoms with van der Waals surface area (Å²) in [5, 5.41) is 11.4. The van der Waals surface area contributed by atoms with Gasteiger partial charge in [0.2, 0.25) is 0 Å². The number of Topliss-reactive ketones (excluding diaryl/α,β-unsaturated/α-hetero) is 1. The standard InChI is InChI=1S/C12H11NO3/c1-7(11(14)12(15)16)9-6-13-10-5-3-2-4-8(9)10/h2-7,13H,1H3,(H,15,16)/p-1/t7-/m1/s1. The highest BCUT2D eigenvalue weighted by molar-refractivity contribution is 6.34. The van der Waals surface area contributed by atoms with E-state index in [-0.39, 0.29) is 0 Å². The summed E-state index contributed by atoms with van der Waals surface area (Å²) in [5.41, 5.74) is 1.57. The Balaban J connectivity index is 2.48. The summed E-state index contributed by atoms with van der Waals surface area (Å²) in [7, 11) is 0. The van der Waals surface area contributed by atoms with Gasteiger partial charge in [-0.3, -0.25) is 4.79 Å². The minimum atomic E-state index is -1.64. The summed E-state index contributed by atoms with van der Waals surface area (Å²) in [4.78, 5) is 24.8. The van der Waals surface area contributed by atoms with Crippen LogP contribution in [0.4, 0.5) is 0 Å². The van der Waals surface area contributed by atoms with Gasteiger partial charge in [-0.1, -0.05) is 25.1 Å². The Morgan fingerprint density at radius 1 is 1.31 bits per heavy atom. The van der Waals surface area contributed by atoms with Gasteiger partial charge >= 0.3 is 0 Å². The molecule has 0 unspecified atom stereocenters. The minimum absolute atomic E-state index is 0.685. The molecule has 1 aromatic carbocycles. The molecule has 4 heteroatoms. The molecule has 0 saturated carbocycles. The van der Waals surface area contributed by atoms with Crippen LogP contribution in [-0.4, -0.2) is 16.7 Å². The molecule has 0 aliphatic carbocycles. The van der Waals surface area contributed by atoms with Gasteiger partial charge in [0.25, 0.3) is 0 Å². The molecular weight excluding hydrogens is 206 g/mol. The maximum Gasteiger partial charge on any atom is 0.185 e. The van der Waals surface area contributed by atoms with Gasteiger partial charge in [0.15, 0.2) is 5.78 Å². The Morgan fingerprint density at radius 3 is 2.69 bits per heavy atom. The van der Waals surface area contributed by atoms with Crippen molar-refractivity contribution in [2.75, 3.05) is 0 Å². The first-order valence-electron chi connectivity index (χ1n) is 4.92. The van der Waals surface area contributed by atoms with Crippen LogP contribution in [0.3, 0.4) is 0 Å². The quantitative estimate of drug-likeness (QED) is 0.763. The van der Waals surface area contributed by atoms with Crippen molar-refractivity contribution in [2.24, 2.45) is 0 Å². The van der Waals surface area contributed by atoms with E-state index in [9.17, 15) is 14.7 Å². The predicted octanol–water partition coefficient (Wildman–Crippen LogP) is 0.590. The van der Waals surface area contributed by atoms with E-state index >= 15 is 0 Å². The van der Waals surface area contributed by atoms with E-state index in [4.69, 9.17) is 0 Å². The number of rotatable bonds is 3. The van der Waals surface area contributed by atoms with Crippen LogP contribution >= 0.6 is 0 Å². The Kier molecular flexibility index (Phi) is 2.48. The number of aromatic nitrogens is 1. The number of benzene rings is 1. The number of carbonyl (C=O) groups excluding carboxylic acids is 2. The fraction of sp³-hybridized carbons (Fsp3) is 0.167. The third-order valence-corrected chi connectivity index (χ3v) is 2.68. The molecule has 16 heavy (non-hydrogen) atoms. The lowest BCUT2D eigenvalue weighted by Crippen LogP contribution is -2.34. The number of carbonyl (C=O) groups is 2. The fourth-order valence-corrected chi connectivity index (χ4v) is 1.77. The smallest absolute Gasteiger partial charge is 0.185 e. The lowest BCUT2D eigenvalue weighted by Gasteiger charge is -2.09. The van der Waals surface area contributed by atoms with Crippen LogP contribution in [0.15, 0.2) is 30.5 Å². The monoisotopic (exact) mass is 216 g/mol. The highest BCUT2D eigenvalue weighted by Gasteiger charge is 2.19. The zero-order valence-electron chi connectivity index (χ0n) is 8.69. The molecule has 4 nitrogen and oxygen atoms in total. The molecule has 0 fully saturated rings. The van der Waals surface area contributed by atoms with E-state index in [1.165, 1.54) is 0 Å². The van der Waals surface area contributed by atoms with Crippen molar-refractivity contribution in [3.63, 3.8) is 0 Å². The Labute approximate surface area is 91.9 Å². The maximum absolute atomic E-state index is 11.3. The zero-order chi connectivity index (χ0) is 11.7. The third kappa shape index (κ3) is 1.58. The largest absolute Gasteiger partial charge is 0.542 e. The summed E-state index contributed by atoms with van der Waals surface area (Å²) in [6.07, 6.45) is 1.66. The van der Waals surface area contributed by atoms with Gasteiger partial charge in [0.05, 0.1) is 0 Å². The second-order valence-corrected chi connectivity index (χ2v) is 3.66. The predicted molar refractivity (Wildman–Crippen MR) is 56.7 cm³/mol. The van der Waals surface area contributed by atoms with Gasteiger partial charge in [-0.05, 0) is 11.6 Å². The van der Waals surface area contributed by atoms with Gasteiger partial charge in [-0.15, -0.1) is 0 Å². The molecule has 2 aromatic rings. The van der Waals surface area contributed by atoms with Gasteiger partial charge < -0.3 is 14.9 Å². The molecular formula is C12H10NO3-. The maximum atomic E-state index is 11.3. The van der Waals surface area contributed by atoms with E-state index in [0.717, 1.165) is 10.9 Å². The van der Waals surface area contributed by atoms with Crippen molar-refractivity contribution >= 4 is 22.7 Å². The molecule has 82 valence electrons. The van der Waals surface area contributed by atoms with Crippen LogP contribution in [0, 0.1) is 0 Å². The molecule has 1 atom stereocenters. The molecule has 0 saturated heterocycles. The fourth-order valence-electron chi connectivity index (χ4n) is 1.77. The number of carboxylic acids is 1. The summed E-state index contributed by atoms with van der Waals surface area (Å²) >= 11 is 0. The molecule has 2 rings (SSSR count). The van der Waals surface area contributed by atoms with E-state index in [1.807, 2.05) is 24.3 Å². The van der Waals surface area contributed by atoms with Crippen molar-refractivity contribution in [3.05, 3.63) is 36.0 Å².